The minimum atomic E-state index is -0.365. The van der Waals surface area contributed by atoms with Gasteiger partial charge in [-0.3, -0.25) is 10.1 Å². The Kier molecular flexibility index (Phi) is 2.00. The minimum absolute atomic E-state index is 0.0338. The molecule has 0 radical (unpaired) electrons. The SMILES string of the molecule is NCC1(c2cccc([N+](=O)[O-])c2)CC1. The quantitative estimate of drug-likeness (QED) is 0.584. The van der Waals surface area contributed by atoms with E-state index in [1.165, 1.54) is 6.07 Å². The van der Waals surface area contributed by atoms with Gasteiger partial charge in [-0.2, -0.15) is 0 Å². The van der Waals surface area contributed by atoms with Crippen LogP contribution < -0.4 is 5.73 Å². The van der Waals surface area contributed by atoms with E-state index in [4.69, 9.17) is 5.73 Å². The van der Waals surface area contributed by atoms with E-state index in [2.05, 4.69) is 0 Å². The van der Waals surface area contributed by atoms with Crippen molar-refractivity contribution >= 4 is 5.69 Å². The van der Waals surface area contributed by atoms with Gasteiger partial charge in [-0.25, -0.2) is 0 Å². The van der Waals surface area contributed by atoms with Crippen LogP contribution in [0.25, 0.3) is 0 Å². The fourth-order valence-corrected chi connectivity index (χ4v) is 1.71. The van der Waals surface area contributed by atoms with Crippen LogP contribution in [0.15, 0.2) is 24.3 Å². The second kappa shape index (κ2) is 3.06. The molecule has 1 aromatic carbocycles. The van der Waals surface area contributed by atoms with E-state index in [1.54, 1.807) is 12.1 Å². The van der Waals surface area contributed by atoms with Crippen molar-refractivity contribution < 1.29 is 4.92 Å². The zero-order valence-electron chi connectivity index (χ0n) is 7.77. The molecule has 0 aliphatic heterocycles. The normalized spacial score (nSPS) is 17.8. The van der Waals surface area contributed by atoms with E-state index in [1.807, 2.05) is 6.07 Å². The molecule has 0 heterocycles. The third kappa shape index (κ3) is 1.37. The van der Waals surface area contributed by atoms with Gasteiger partial charge < -0.3 is 5.73 Å². The highest BCUT2D eigenvalue weighted by Gasteiger charge is 2.43. The average molecular weight is 192 g/mol. The molecule has 1 fully saturated rings. The van der Waals surface area contributed by atoms with Crippen LogP contribution in [-0.2, 0) is 5.41 Å². The van der Waals surface area contributed by atoms with Gasteiger partial charge in [0.1, 0.15) is 0 Å². The maximum absolute atomic E-state index is 10.6. The molecular weight excluding hydrogens is 180 g/mol. The van der Waals surface area contributed by atoms with Gasteiger partial charge in [-0.15, -0.1) is 0 Å². The van der Waals surface area contributed by atoms with Crippen molar-refractivity contribution in [1.29, 1.82) is 0 Å². The Hall–Kier alpha value is -1.42. The molecule has 0 aromatic heterocycles. The van der Waals surface area contributed by atoms with E-state index in [0.29, 0.717) is 6.54 Å². The molecule has 1 saturated carbocycles. The largest absolute Gasteiger partial charge is 0.330 e. The third-order valence-electron chi connectivity index (χ3n) is 2.91. The molecule has 1 aliphatic rings. The van der Waals surface area contributed by atoms with Crippen LogP contribution >= 0.6 is 0 Å². The summed E-state index contributed by atoms with van der Waals surface area (Å²) in [6, 6.07) is 6.80. The van der Waals surface area contributed by atoms with Gasteiger partial charge in [-0.1, -0.05) is 12.1 Å². The number of benzene rings is 1. The van der Waals surface area contributed by atoms with Gasteiger partial charge >= 0.3 is 0 Å². The Morgan fingerprint density at radius 2 is 2.21 bits per heavy atom. The standard InChI is InChI=1S/C10H12N2O2/c11-7-10(4-5-10)8-2-1-3-9(6-8)12(13)14/h1-3,6H,4-5,7,11H2. The third-order valence-corrected chi connectivity index (χ3v) is 2.91. The first-order chi connectivity index (χ1) is 6.68. The summed E-state index contributed by atoms with van der Waals surface area (Å²) in [6.07, 6.45) is 2.09. The molecule has 0 atom stereocenters. The van der Waals surface area contributed by atoms with Crippen LogP contribution in [0.5, 0.6) is 0 Å². The van der Waals surface area contributed by atoms with Crippen LogP contribution in [0.4, 0.5) is 5.69 Å². The first kappa shape index (κ1) is 9.15. The molecule has 1 aromatic rings. The van der Waals surface area contributed by atoms with Crippen molar-refractivity contribution in [3.05, 3.63) is 39.9 Å². The second-order valence-electron chi connectivity index (χ2n) is 3.79. The van der Waals surface area contributed by atoms with E-state index < -0.39 is 0 Å². The van der Waals surface area contributed by atoms with E-state index in [0.717, 1.165) is 18.4 Å². The number of nitrogens with two attached hydrogens (primary N) is 1. The van der Waals surface area contributed by atoms with Gasteiger partial charge in [0.2, 0.25) is 0 Å². The van der Waals surface area contributed by atoms with Crippen LogP contribution in [0.1, 0.15) is 18.4 Å². The molecule has 74 valence electrons. The van der Waals surface area contributed by atoms with Crippen LogP contribution in [0.2, 0.25) is 0 Å². The Bertz CT molecular complexity index is 372. The molecule has 4 nitrogen and oxygen atoms in total. The summed E-state index contributed by atoms with van der Waals surface area (Å²) < 4.78 is 0. The summed E-state index contributed by atoms with van der Waals surface area (Å²) in [7, 11) is 0. The lowest BCUT2D eigenvalue weighted by Crippen LogP contribution is -2.19. The zero-order valence-corrected chi connectivity index (χ0v) is 7.77. The van der Waals surface area contributed by atoms with Crippen molar-refractivity contribution in [3.63, 3.8) is 0 Å². The lowest BCUT2D eigenvalue weighted by molar-refractivity contribution is -0.384. The van der Waals surface area contributed by atoms with E-state index in [-0.39, 0.29) is 16.0 Å². The first-order valence-corrected chi connectivity index (χ1v) is 4.63. The molecular formula is C10H12N2O2. The number of hydrogen-bond donors (Lipinski definition) is 1. The monoisotopic (exact) mass is 192 g/mol. The number of rotatable bonds is 3. The lowest BCUT2D eigenvalue weighted by atomic mass is 9.96. The first-order valence-electron chi connectivity index (χ1n) is 4.63. The summed E-state index contributed by atoms with van der Waals surface area (Å²) in [5, 5.41) is 10.6. The van der Waals surface area contributed by atoms with Gasteiger partial charge in [0.05, 0.1) is 4.92 Å². The molecule has 0 spiro atoms. The fraction of sp³-hybridized carbons (Fsp3) is 0.400. The number of hydrogen-bond acceptors (Lipinski definition) is 3. The highest BCUT2D eigenvalue weighted by atomic mass is 16.6. The van der Waals surface area contributed by atoms with Crippen LogP contribution in [-0.4, -0.2) is 11.5 Å². The summed E-state index contributed by atoms with van der Waals surface area (Å²) in [6.45, 7) is 0.578. The smallest absolute Gasteiger partial charge is 0.269 e. The average Bonchev–Trinajstić information content (AvgIpc) is 2.98. The highest BCUT2D eigenvalue weighted by Crippen LogP contribution is 2.47. The Labute approximate surface area is 81.9 Å². The molecule has 4 heteroatoms. The Morgan fingerprint density at radius 3 is 2.71 bits per heavy atom. The van der Waals surface area contributed by atoms with E-state index >= 15 is 0 Å². The summed E-state index contributed by atoms with van der Waals surface area (Å²) in [5.41, 5.74) is 6.85. The number of nitro groups is 1. The molecule has 0 unspecified atom stereocenters. The van der Waals surface area contributed by atoms with Gasteiger partial charge in [-0.05, 0) is 18.4 Å². The number of nitro benzene ring substituents is 1. The topological polar surface area (TPSA) is 69.2 Å². The maximum atomic E-state index is 10.6. The predicted octanol–water partition coefficient (Wildman–Crippen LogP) is 1.59. The van der Waals surface area contributed by atoms with E-state index in [9.17, 15) is 10.1 Å². The van der Waals surface area contributed by atoms with Crippen LogP contribution in [0, 0.1) is 10.1 Å². The van der Waals surface area contributed by atoms with Crippen molar-refractivity contribution in [2.45, 2.75) is 18.3 Å². The highest BCUT2D eigenvalue weighted by molar-refractivity contribution is 5.41. The molecule has 14 heavy (non-hydrogen) atoms. The number of non-ortho nitro benzene ring substituents is 1. The molecule has 0 saturated heterocycles. The minimum Gasteiger partial charge on any atom is -0.330 e. The van der Waals surface area contributed by atoms with Gasteiger partial charge in [0, 0.05) is 24.1 Å². The fourth-order valence-electron chi connectivity index (χ4n) is 1.71. The molecule has 2 rings (SSSR count). The van der Waals surface area contributed by atoms with Gasteiger partial charge in [0.15, 0.2) is 0 Å². The van der Waals surface area contributed by atoms with Crippen molar-refractivity contribution in [1.82, 2.24) is 0 Å². The molecule has 0 bridgehead atoms. The summed E-state index contributed by atoms with van der Waals surface area (Å²) in [5.74, 6) is 0. The summed E-state index contributed by atoms with van der Waals surface area (Å²) in [4.78, 5) is 10.2. The Morgan fingerprint density at radius 1 is 1.50 bits per heavy atom. The molecule has 0 amide bonds. The lowest BCUT2D eigenvalue weighted by Gasteiger charge is -2.11. The van der Waals surface area contributed by atoms with Crippen molar-refractivity contribution in [2.75, 3.05) is 6.54 Å². The Balaban J connectivity index is 2.36. The molecule has 2 N–H and O–H groups in total. The summed E-state index contributed by atoms with van der Waals surface area (Å²) >= 11 is 0. The van der Waals surface area contributed by atoms with Crippen LogP contribution in [0.3, 0.4) is 0 Å². The number of nitrogens with zero attached hydrogens (tertiary/aromatic N) is 1. The maximum Gasteiger partial charge on any atom is 0.269 e. The second-order valence-corrected chi connectivity index (χ2v) is 3.79. The van der Waals surface area contributed by atoms with Gasteiger partial charge in [0.25, 0.3) is 5.69 Å². The zero-order chi connectivity index (χ0) is 10.2. The van der Waals surface area contributed by atoms with Crippen molar-refractivity contribution in [2.24, 2.45) is 5.73 Å². The predicted molar refractivity (Wildman–Crippen MR) is 53.1 cm³/mol. The molecule has 1 aliphatic carbocycles. The van der Waals surface area contributed by atoms with Crippen molar-refractivity contribution in [3.8, 4) is 0 Å².